The van der Waals surface area contributed by atoms with Crippen LogP contribution in [0.2, 0.25) is 0 Å². The standard InChI is InChI=1S/C4H3Br3/c5-2-1-4(7)3-6/h2H,3H2. The Kier molecular flexibility index (Phi) is 5.80. The summed E-state index contributed by atoms with van der Waals surface area (Å²) < 4.78 is 1.00. The molecule has 0 nitrogen and oxygen atoms in total. The van der Waals surface area contributed by atoms with Crippen molar-refractivity contribution in [1.82, 2.24) is 0 Å². The first-order valence-corrected chi connectivity index (χ1v) is 4.40. The number of rotatable bonds is 1. The second kappa shape index (κ2) is 5.10. The lowest BCUT2D eigenvalue weighted by molar-refractivity contribution is 1.79. The summed E-state index contributed by atoms with van der Waals surface area (Å²) in [5.74, 6) is 0. The molecule has 0 heterocycles. The molecule has 3 heteroatoms. The highest BCUT2D eigenvalue weighted by Gasteiger charge is 1.78. The van der Waals surface area contributed by atoms with Crippen molar-refractivity contribution in [3.05, 3.63) is 15.2 Å². The second-order valence-electron chi connectivity index (χ2n) is 0.792. The Hall–Kier alpha value is 0.960. The number of halogens is 3. The van der Waals surface area contributed by atoms with E-state index in [9.17, 15) is 0 Å². The van der Waals surface area contributed by atoms with Crippen molar-refractivity contribution in [2.75, 3.05) is 5.33 Å². The molecule has 0 atom stereocenters. The zero-order valence-corrected chi connectivity index (χ0v) is 8.18. The number of allylic oxidation sites excluding steroid dienone is 1. The van der Waals surface area contributed by atoms with Crippen LogP contribution in [0.5, 0.6) is 0 Å². The van der Waals surface area contributed by atoms with Crippen molar-refractivity contribution < 1.29 is 0 Å². The summed E-state index contributed by atoms with van der Waals surface area (Å²) in [7, 11) is 0. The molecular weight excluding hydrogens is 288 g/mol. The van der Waals surface area contributed by atoms with Crippen molar-refractivity contribution in [2.45, 2.75) is 0 Å². The first kappa shape index (κ1) is 7.96. The lowest BCUT2D eigenvalue weighted by Crippen LogP contribution is -1.61. The normalized spacial score (nSPS) is 7.29. The molecule has 0 radical (unpaired) electrons. The number of alkyl halides is 1. The minimum absolute atomic E-state index is 0.815. The summed E-state index contributed by atoms with van der Waals surface area (Å²) in [5, 5.41) is 0.815. The van der Waals surface area contributed by atoms with Crippen LogP contribution in [0.1, 0.15) is 0 Å². The van der Waals surface area contributed by atoms with Gasteiger partial charge in [-0.25, -0.2) is 0 Å². The molecule has 0 aromatic rings. The maximum absolute atomic E-state index is 3.23. The molecule has 0 bridgehead atoms. The van der Waals surface area contributed by atoms with E-state index >= 15 is 0 Å². The first-order valence-electron chi connectivity index (χ1n) is 1.57. The minimum atomic E-state index is 0.815. The molecule has 0 saturated heterocycles. The topological polar surface area (TPSA) is 0 Å². The summed E-state index contributed by atoms with van der Waals surface area (Å²) in [6, 6.07) is 0. The summed E-state index contributed by atoms with van der Waals surface area (Å²) in [6.45, 7) is 0. The van der Waals surface area contributed by atoms with Crippen molar-refractivity contribution in [3.8, 4) is 0 Å². The quantitative estimate of drug-likeness (QED) is 0.514. The van der Waals surface area contributed by atoms with E-state index in [4.69, 9.17) is 0 Å². The lowest BCUT2D eigenvalue weighted by Gasteiger charge is -1.76. The fourth-order valence-electron chi connectivity index (χ4n) is 0.0978. The van der Waals surface area contributed by atoms with Crippen molar-refractivity contribution in [2.24, 2.45) is 0 Å². The molecule has 0 aliphatic carbocycles. The molecule has 0 aliphatic heterocycles. The molecule has 0 N–H and O–H groups in total. The molecule has 0 fully saturated rings. The van der Waals surface area contributed by atoms with Gasteiger partial charge in [0.15, 0.2) is 0 Å². The number of hydrogen-bond acceptors (Lipinski definition) is 0. The van der Waals surface area contributed by atoms with Crippen LogP contribution in [0, 0.1) is 0 Å². The molecule has 0 unspecified atom stereocenters. The summed E-state index contributed by atoms with van der Waals surface area (Å²) >= 11 is 9.55. The van der Waals surface area contributed by atoms with Gasteiger partial charge in [-0.05, 0) is 15.9 Å². The van der Waals surface area contributed by atoms with Crippen LogP contribution in [0.25, 0.3) is 0 Å². The van der Waals surface area contributed by atoms with E-state index in [-0.39, 0.29) is 0 Å². The predicted molar refractivity (Wildman–Crippen MR) is 43.2 cm³/mol. The van der Waals surface area contributed by atoms with Gasteiger partial charge in [0.25, 0.3) is 0 Å². The largest absolute Gasteiger partial charge is 0.101 e. The van der Waals surface area contributed by atoms with Gasteiger partial charge in [-0.15, -0.1) is 5.73 Å². The highest BCUT2D eigenvalue weighted by molar-refractivity contribution is 9.13. The van der Waals surface area contributed by atoms with Crippen LogP contribution < -0.4 is 0 Å². The van der Waals surface area contributed by atoms with Crippen molar-refractivity contribution >= 4 is 47.8 Å². The molecule has 0 aromatic heterocycles. The average Bonchev–Trinajstić information content (AvgIpc) is 1.68. The van der Waals surface area contributed by atoms with Gasteiger partial charge in [0.05, 0.1) is 0 Å². The average molecular weight is 291 g/mol. The Morgan fingerprint density at radius 2 is 2.29 bits per heavy atom. The van der Waals surface area contributed by atoms with Gasteiger partial charge in [-0.1, -0.05) is 31.9 Å². The fourth-order valence-corrected chi connectivity index (χ4v) is 0.958. The molecule has 0 saturated carbocycles. The van der Waals surface area contributed by atoms with E-state index in [1.165, 1.54) is 0 Å². The van der Waals surface area contributed by atoms with Crippen LogP contribution in [-0.2, 0) is 0 Å². The van der Waals surface area contributed by atoms with Gasteiger partial charge in [-0.3, -0.25) is 0 Å². The highest BCUT2D eigenvalue weighted by Crippen LogP contribution is 2.05. The van der Waals surface area contributed by atoms with Crippen LogP contribution in [0.3, 0.4) is 0 Å². The molecule has 0 spiro atoms. The van der Waals surface area contributed by atoms with Crippen molar-refractivity contribution in [1.29, 1.82) is 0 Å². The van der Waals surface area contributed by atoms with Crippen LogP contribution in [-0.4, -0.2) is 5.33 Å². The van der Waals surface area contributed by atoms with Crippen molar-refractivity contribution in [3.63, 3.8) is 0 Å². The molecule has 0 aromatic carbocycles. The monoisotopic (exact) mass is 288 g/mol. The van der Waals surface area contributed by atoms with Crippen LogP contribution >= 0.6 is 47.8 Å². The second-order valence-corrected chi connectivity index (χ2v) is 2.77. The maximum atomic E-state index is 3.23. The first-order chi connectivity index (χ1) is 3.31. The molecule has 0 aliphatic rings. The Balaban J connectivity index is 3.74. The Morgan fingerprint density at radius 3 is 2.43 bits per heavy atom. The highest BCUT2D eigenvalue weighted by atomic mass is 79.9. The third-order valence-electron chi connectivity index (χ3n) is 0.328. The number of hydrogen-bond donors (Lipinski definition) is 0. The molecule has 0 rings (SSSR count). The van der Waals surface area contributed by atoms with Gasteiger partial charge in [0.2, 0.25) is 0 Å². The van der Waals surface area contributed by atoms with Gasteiger partial charge in [0, 0.05) is 14.8 Å². The van der Waals surface area contributed by atoms with Crippen LogP contribution in [0.15, 0.2) is 15.2 Å². The Morgan fingerprint density at radius 1 is 1.71 bits per heavy atom. The van der Waals surface area contributed by atoms with Gasteiger partial charge in [0.1, 0.15) is 0 Å². The van der Waals surface area contributed by atoms with Gasteiger partial charge in [-0.2, -0.15) is 0 Å². The Labute approximate surface area is 68.1 Å². The molecule has 0 amide bonds. The zero-order chi connectivity index (χ0) is 5.70. The van der Waals surface area contributed by atoms with E-state index in [1.807, 2.05) is 0 Å². The third-order valence-corrected chi connectivity index (χ3v) is 2.38. The van der Waals surface area contributed by atoms with E-state index in [0.717, 1.165) is 9.81 Å². The van der Waals surface area contributed by atoms with E-state index < -0.39 is 0 Å². The molecule has 40 valence electrons. The minimum Gasteiger partial charge on any atom is -0.101 e. The SMILES string of the molecule is BrC=C=C(Br)CBr. The van der Waals surface area contributed by atoms with E-state index in [2.05, 4.69) is 53.5 Å². The van der Waals surface area contributed by atoms with Gasteiger partial charge >= 0.3 is 0 Å². The third kappa shape index (κ3) is 4.82. The smallest absolute Gasteiger partial charge is 0.0479 e. The zero-order valence-electron chi connectivity index (χ0n) is 3.42. The van der Waals surface area contributed by atoms with E-state index in [0.29, 0.717) is 0 Å². The van der Waals surface area contributed by atoms with Gasteiger partial charge < -0.3 is 0 Å². The van der Waals surface area contributed by atoms with E-state index in [1.54, 1.807) is 4.99 Å². The molecule has 7 heavy (non-hydrogen) atoms. The lowest BCUT2D eigenvalue weighted by atomic mass is 10.7. The summed E-state index contributed by atoms with van der Waals surface area (Å²) in [6.07, 6.45) is 0. The molecular formula is C4H3Br3. The fraction of sp³-hybridized carbons (Fsp3) is 0.250. The Bertz CT molecular complexity index is 99.5. The summed E-state index contributed by atoms with van der Waals surface area (Å²) in [4.78, 5) is 1.68. The van der Waals surface area contributed by atoms with Crippen LogP contribution in [0.4, 0.5) is 0 Å². The summed E-state index contributed by atoms with van der Waals surface area (Å²) in [5.41, 5.74) is 2.87. The predicted octanol–water partition coefficient (Wildman–Crippen LogP) is 3.17. The maximum Gasteiger partial charge on any atom is 0.0479 e.